The summed E-state index contributed by atoms with van der Waals surface area (Å²) in [6, 6.07) is 4.19. The molecule has 0 radical (unpaired) electrons. The number of anilines is 1. The molecule has 2 rings (SSSR count). The molecule has 0 aromatic heterocycles. The number of rotatable bonds is 5. The number of benzene rings is 1. The summed E-state index contributed by atoms with van der Waals surface area (Å²) in [5, 5.41) is 11.8. The lowest BCUT2D eigenvalue weighted by atomic mass is 9.79. The van der Waals surface area contributed by atoms with Gasteiger partial charge in [-0.2, -0.15) is 0 Å². The van der Waals surface area contributed by atoms with E-state index in [1.165, 1.54) is 18.2 Å². The Kier molecular flexibility index (Phi) is 4.60. The molecule has 2 N–H and O–H groups in total. The summed E-state index contributed by atoms with van der Waals surface area (Å²) < 4.78 is 13.0. The lowest BCUT2D eigenvalue weighted by Crippen LogP contribution is -2.27. The predicted molar refractivity (Wildman–Crippen MR) is 77.5 cm³/mol. The summed E-state index contributed by atoms with van der Waals surface area (Å²) in [5.74, 6) is -1.40. The van der Waals surface area contributed by atoms with Crippen molar-refractivity contribution in [3.05, 3.63) is 29.6 Å². The van der Waals surface area contributed by atoms with Gasteiger partial charge in [-0.1, -0.05) is 12.8 Å². The van der Waals surface area contributed by atoms with E-state index in [4.69, 9.17) is 5.11 Å². The fourth-order valence-corrected chi connectivity index (χ4v) is 3.16. The minimum absolute atomic E-state index is 0.0306. The smallest absolute Gasteiger partial charge is 0.303 e. The first-order valence-corrected chi connectivity index (χ1v) is 7.18. The lowest BCUT2D eigenvalue weighted by molar-refractivity contribution is -0.140. The number of hydrogen-bond donors (Lipinski definition) is 2. The molecular formula is C16H20FNO3. The summed E-state index contributed by atoms with van der Waals surface area (Å²) in [6.45, 7) is 1.72. The van der Waals surface area contributed by atoms with Crippen LogP contribution in [0.5, 0.6) is 0 Å². The van der Waals surface area contributed by atoms with Gasteiger partial charge in [-0.05, 0) is 48.9 Å². The van der Waals surface area contributed by atoms with Gasteiger partial charge in [0, 0.05) is 12.1 Å². The first-order valence-electron chi connectivity index (χ1n) is 7.18. The maximum atomic E-state index is 13.0. The zero-order valence-corrected chi connectivity index (χ0v) is 12.1. The van der Waals surface area contributed by atoms with Gasteiger partial charge < -0.3 is 10.4 Å². The van der Waals surface area contributed by atoms with Crippen molar-refractivity contribution in [3.63, 3.8) is 0 Å². The number of carbonyl (C=O) groups excluding carboxylic acids is 1. The lowest BCUT2D eigenvalue weighted by Gasteiger charge is -2.26. The Morgan fingerprint density at radius 2 is 1.95 bits per heavy atom. The predicted octanol–water partition coefficient (Wildman–Crippen LogP) is 3.50. The summed E-state index contributed by atoms with van der Waals surface area (Å²) in [6.07, 6.45) is 3.72. The Morgan fingerprint density at radius 3 is 2.52 bits per heavy atom. The molecule has 1 saturated carbocycles. The van der Waals surface area contributed by atoms with E-state index in [0.717, 1.165) is 25.7 Å². The molecule has 114 valence electrons. The second kappa shape index (κ2) is 6.24. The second-order valence-corrected chi connectivity index (χ2v) is 5.96. The Bertz CT molecular complexity index is 550. The van der Waals surface area contributed by atoms with E-state index < -0.39 is 11.4 Å². The molecule has 1 fully saturated rings. The van der Waals surface area contributed by atoms with Crippen molar-refractivity contribution in [3.8, 4) is 0 Å². The zero-order valence-electron chi connectivity index (χ0n) is 12.1. The maximum Gasteiger partial charge on any atom is 0.303 e. The van der Waals surface area contributed by atoms with Gasteiger partial charge in [-0.3, -0.25) is 9.59 Å². The molecule has 0 unspecified atom stereocenters. The molecule has 0 heterocycles. The van der Waals surface area contributed by atoms with Crippen LogP contribution >= 0.6 is 0 Å². The standard InChI is InChI=1S/C16H20FNO3/c1-11-8-12(17)4-5-13(11)18-14(19)9-16(10-15(20)21)6-2-3-7-16/h4-5,8H,2-3,6-7,9-10H2,1H3,(H,18,19)(H,20,21). The highest BCUT2D eigenvalue weighted by Crippen LogP contribution is 2.44. The second-order valence-electron chi connectivity index (χ2n) is 5.96. The fourth-order valence-electron chi connectivity index (χ4n) is 3.16. The third kappa shape index (κ3) is 4.03. The number of carboxylic acid groups (broad SMARTS) is 1. The largest absolute Gasteiger partial charge is 0.481 e. The Balaban J connectivity index is 2.04. The molecule has 1 amide bonds. The molecule has 1 aromatic carbocycles. The van der Waals surface area contributed by atoms with Crippen molar-refractivity contribution in [1.29, 1.82) is 0 Å². The molecule has 0 saturated heterocycles. The van der Waals surface area contributed by atoms with Gasteiger partial charge in [0.1, 0.15) is 5.82 Å². The summed E-state index contributed by atoms with van der Waals surface area (Å²) in [5.41, 5.74) is 0.802. The molecule has 0 aliphatic heterocycles. The van der Waals surface area contributed by atoms with Crippen molar-refractivity contribution < 1.29 is 19.1 Å². The molecule has 0 spiro atoms. The normalized spacial score (nSPS) is 16.7. The number of aryl methyl sites for hydroxylation is 1. The molecule has 5 heteroatoms. The van der Waals surface area contributed by atoms with E-state index in [0.29, 0.717) is 11.3 Å². The number of amides is 1. The molecule has 1 aliphatic rings. The van der Waals surface area contributed by atoms with Crippen LogP contribution in [0, 0.1) is 18.2 Å². The third-order valence-electron chi connectivity index (χ3n) is 4.19. The quantitative estimate of drug-likeness (QED) is 0.873. The highest BCUT2D eigenvalue weighted by molar-refractivity contribution is 5.92. The Morgan fingerprint density at radius 1 is 1.29 bits per heavy atom. The molecule has 1 aromatic rings. The number of carboxylic acids is 1. The number of aliphatic carboxylic acids is 1. The van der Waals surface area contributed by atoms with Crippen molar-refractivity contribution in [1.82, 2.24) is 0 Å². The molecule has 0 atom stereocenters. The van der Waals surface area contributed by atoms with Crippen molar-refractivity contribution in [2.75, 3.05) is 5.32 Å². The highest BCUT2D eigenvalue weighted by atomic mass is 19.1. The van der Waals surface area contributed by atoms with Crippen LogP contribution in [-0.4, -0.2) is 17.0 Å². The van der Waals surface area contributed by atoms with Gasteiger partial charge in [-0.25, -0.2) is 4.39 Å². The van der Waals surface area contributed by atoms with E-state index in [-0.39, 0.29) is 24.6 Å². The van der Waals surface area contributed by atoms with E-state index >= 15 is 0 Å². The van der Waals surface area contributed by atoms with Crippen LogP contribution < -0.4 is 5.32 Å². The molecular weight excluding hydrogens is 273 g/mol. The van der Waals surface area contributed by atoms with Gasteiger partial charge >= 0.3 is 5.97 Å². The van der Waals surface area contributed by atoms with Gasteiger partial charge in [0.15, 0.2) is 0 Å². The average molecular weight is 293 g/mol. The van der Waals surface area contributed by atoms with E-state index in [2.05, 4.69) is 5.32 Å². The maximum absolute atomic E-state index is 13.0. The third-order valence-corrected chi connectivity index (χ3v) is 4.19. The summed E-state index contributed by atoms with van der Waals surface area (Å²) >= 11 is 0. The van der Waals surface area contributed by atoms with Crippen LogP contribution in [0.15, 0.2) is 18.2 Å². The number of nitrogens with one attached hydrogen (secondary N) is 1. The van der Waals surface area contributed by atoms with Crippen molar-refractivity contribution >= 4 is 17.6 Å². The number of carbonyl (C=O) groups is 2. The van der Waals surface area contributed by atoms with Crippen LogP contribution in [0.25, 0.3) is 0 Å². The monoisotopic (exact) mass is 293 g/mol. The van der Waals surface area contributed by atoms with Crippen LogP contribution in [0.2, 0.25) is 0 Å². The van der Waals surface area contributed by atoms with Gasteiger partial charge in [0.2, 0.25) is 5.91 Å². The summed E-state index contributed by atoms with van der Waals surface area (Å²) in [7, 11) is 0. The van der Waals surface area contributed by atoms with Crippen LogP contribution in [0.3, 0.4) is 0 Å². The molecule has 4 nitrogen and oxygen atoms in total. The number of halogens is 1. The highest BCUT2D eigenvalue weighted by Gasteiger charge is 2.38. The topological polar surface area (TPSA) is 66.4 Å². The fraction of sp³-hybridized carbons (Fsp3) is 0.500. The minimum atomic E-state index is -0.859. The Hall–Kier alpha value is -1.91. The van der Waals surface area contributed by atoms with Crippen molar-refractivity contribution in [2.45, 2.75) is 45.4 Å². The van der Waals surface area contributed by atoms with Crippen molar-refractivity contribution in [2.24, 2.45) is 5.41 Å². The first-order chi connectivity index (χ1) is 9.90. The van der Waals surface area contributed by atoms with Gasteiger partial charge in [0.25, 0.3) is 0 Å². The first kappa shape index (κ1) is 15.5. The van der Waals surface area contributed by atoms with Crippen LogP contribution in [-0.2, 0) is 9.59 Å². The summed E-state index contributed by atoms with van der Waals surface area (Å²) in [4.78, 5) is 23.2. The SMILES string of the molecule is Cc1cc(F)ccc1NC(=O)CC1(CC(=O)O)CCCC1. The van der Waals surface area contributed by atoms with Gasteiger partial charge in [0.05, 0.1) is 6.42 Å². The molecule has 0 bridgehead atoms. The average Bonchev–Trinajstić information content (AvgIpc) is 2.80. The zero-order chi connectivity index (χ0) is 15.5. The van der Waals surface area contributed by atoms with Crippen LogP contribution in [0.1, 0.15) is 44.1 Å². The van der Waals surface area contributed by atoms with Crippen LogP contribution in [0.4, 0.5) is 10.1 Å². The molecule has 1 aliphatic carbocycles. The minimum Gasteiger partial charge on any atom is -0.481 e. The van der Waals surface area contributed by atoms with E-state index in [1.54, 1.807) is 6.92 Å². The van der Waals surface area contributed by atoms with E-state index in [1.807, 2.05) is 0 Å². The van der Waals surface area contributed by atoms with Gasteiger partial charge in [-0.15, -0.1) is 0 Å². The number of hydrogen-bond acceptors (Lipinski definition) is 2. The van der Waals surface area contributed by atoms with E-state index in [9.17, 15) is 14.0 Å². The Labute approximate surface area is 123 Å². The molecule has 21 heavy (non-hydrogen) atoms.